The number of hydrogen-bond acceptors (Lipinski definition) is 2. The lowest BCUT2D eigenvalue weighted by Gasteiger charge is -2.40. The molecule has 0 saturated heterocycles. The molecular weight excluding hydrogens is 220 g/mol. The second kappa shape index (κ2) is 6.35. The van der Waals surface area contributed by atoms with Gasteiger partial charge in [-0.2, -0.15) is 0 Å². The molecule has 0 heterocycles. The topological polar surface area (TPSA) is 15.3 Å². The predicted molar refractivity (Wildman–Crippen MR) is 77.6 cm³/mol. The van der Waals surface area contributed by atoms with Crippen LogP contribution in [0.1, 0.15) is 31.7 Å². The van der Waals surface area contributed by atoms with Gasteiger partial charge in [0.2, 0.25) is 0 Å². The maximum atomic E-state index is 3.50. The highest BCUT2D eigenvalue weighted by Crippen LogP contribution is 2.27. The molecule has 0 aromatic heterocycles. The first-order valence-corrected chi connectivity index (χ1v) is 7.12. The van der Waals surface area contributed by atoms with Crippen molar-refractivity contribution in [1.82, 2.24) is 10.2 Å². The van der Waals surface area contributed by atoms with Crippen molar-refractivity contribution >= 4 is 0 Å². The van der Waals surface area contributed by atoms with E-state index < -0.39 is 0 Å². The Bertz CT molecular complexity index is 349. The molecule has 1 aliphatic carbocycles. The summed E-state index contributed by atoms with van der Waals surface area (Å²) in [7, 11) is 4.37. The number of benzene rings is 1. The minimum atomic E-state index is 0.648. The van der Waals surface area contributed by atoms with Crippen molar-refractivity contribution < 1.29 is 0 Å². The van der Waals surface area contributed by atoms with Crippen LogP contribution >= 0.6 is 0 Å². The summed E-state index contributed by atoms with van der Waals surface area (Å²) in [6.07, 6.45) is 3.98. The van der Waals surface area contributed by atoms with E-state index in [1.165, 1.54) is 24.8 Å². The molecule has 1 aliphatic rings. The Labute approximate surface area is 111 Å². The molecule has 2 rings (SSSR count). The second-order valence-electron chi connectivity index (χ2n) is 5.78. The second-order valence-corrected chi connectivity index (χ2v) is 5.78. The zero-order valence-corrected chi connectivity index (χ0v) is 11.9. The zero-order valence-electron chi connectivity index (χ0n) is 11.9. The minimum Gasteiger partial charge on any atom is -0.315 e. The molecule has 1 fully saturated rings. The molecule has 1 N–H and O–H groups in total. The third kappa shape index (κ3) is 3.33. The maximum absolute atomic E-state index is 3.50. The molecule has 3 atom stereocenters. The van der Waals surface area contributed by atoms with Crippen molar-refractivity contribution in [2.75, 3.05) is 14.1 Å². The highest BCUT2D eigenvalue weighted by Gasteiger charge is 2.30. The normalized spacial score (nSPS) is 28.6. The van der Waals surface area contributed by atoms with Gasteiger partial charge in [-0.05, 0) is 44.8 Å². The summed E-state index contributed by atoms with van der Waals surface area (Å²) in [6.45, 7) is 3.44. The summed E-state index contributed by atoms with van der Waals surface area (Å²) in [5, 5.41) is 3.50. The molecule has 0 aliphatic heterocycles. The molecule has 0 bridgehead atoms. The van der Waals surface area contributed by atoms with Gasteiger partial charge in [-0.1, -0.05) is 37.3 Å². The van der Waals surface area contributed by atoms with E-state index in [2.05, 4.69) is 61.6 Å². The van der Waals surface area contributed by atoms with Crippen LogP contribution in [0.4, 0.5) is 0 Å². The van der Waals surface area contributed by atoms with E-state index in [4.69, 9.17) is 0 Å². The largest absolute Gasteiger partial charge is 0.315 e. The van der Waals surface area contributed by atoms with Crippen LogP contribution in [-0.2, 0) is 6.54 Å². The van der Waals surface area contributed by atoms with Gasteiger partial charge in [0.15, 0.2) is 0 Å². The molecular formula is C16H26N2. The fourth-order valence-electron chi connectivity index (χ4n) is 3.16. The summed E-state index contributed by atoms with van der Waals surface area (Å²) >= 11 is 0. The van der Waals surface area contributed by atoms with E-state index >= 15 is 0 Å². The Hall–Kier alpha value is -0.860. The van der Waals surface area contributed by atoms with Crippen LogP contribution in [0.5, 0.6) is 0 Å². The molecule has 100 valence electrons. The highest BCUT2D eigenvalue weighted by molar-refractivity contribution is 5.14. The van der Waals surface area contributed by atoms with E-state index in [1.54, 1.807) is 0 Å². The Morgan fingerprint density at radius 1 is 1.22 bits per heavy atom. The Kier molecular flexibility index (Phi) is 4.79. The van der Waals surface area contributed by atoms with Gasteiger partial charge in [-0.15, -0.1) is 0 Å². The third-order valence-corrected chi connectivity index (χ3v) is 4.29. The molecule has 1 saturated carbocycles. The van der Waals surface area contributed by atoms with Crippen molar-refractivity contribution in [3.63, 3.8) is 0 Å². The van der Waals surface area contributed by atoms with Crippen LogP contribution < -0.4 is 5.32 Å². The predicted octanol–water partition coefficient (Wildman–Crippen LogP) is 2.90. The highest BCUT2D eigenvalue weighted by atomic mass is 15.2. The lowest BCUT2D eigenvalue weighted by Crippen LogP contribution is -2.50. The van der Waals surface area contributed by atoms with E-state index in [1.807, 2.05) is 0 Å². The Balaban J connectivity index is 1.99. The summed E-state index contributed by atoms with van der Waals surface area (Å²) < 4.78 is 0. The fraction of sp³-hybridized carbons (Fsp3) is 0.625. The van der Waals surface area contributed by atoms with Crippen molar-refractivity contribution in [2.24, 2.45) is 5.92 Å². The van der Waals surface area contributed by atoms with Gasteiger partial charge in [0.1, 0.15) is 0 Å². The smallest absolute Gasteiger partial charge is 0.0252 e. The molecule has 1 aromatic rings. The number of nitrogens with one attached hydrogen (secondary N) is 1. The molecule has 2 nitrogen and oxygen atoms in total. The van der Waals surface area contributed by atoms with Crippen LogP contribution in [0.2, 0.25) is 0 Å². The van der Waals surface area contributed by atoms with Crippen molar-refractivity contribution in [1.29, 1.82) is 0 Å². The fourth-order valence-corrected chi connectivity index (χ4v) is 3.16. The van der Waals surface area contributed by atoms with Crippen LogP contribution in [0, 0.1) is 5.92 Å². The number of rotatable bonds is 4. The van der Waals surface area contributed by atoms with Crippen LogP contribution in [0.15, 0.2) is 30.3 Å². The average Bonchev–Trinajstić information content (AvgIpc) is 2.40. The molecule has 0 amide bonds. The molecule has 1 aromatic carbocycles. The van der Waals surface area contributed by atoms with Crippen molar-refractivity contribution in [3.05, 3.63) is 35.9 Å². The van der Waals surface area contributed by atoms with Gasteiger partial charge in [0, 0.05) is 18.6 Å². The molecule has 18 heavy (non-hydrogen) atoms. The van der Waals surface area contributed by atoms with E-state index in [-0.39, 0.29) is 0 Å². The van der Waals surface area contributed by atoms with E-state index in [0.717, 1.165) is 12.5 Å². The zero-order chi connectivity index (χ0) is 13.0. The third-order valence-electron chi connectivity index (χ3n) is 4.29. The van der Waals surface area contributed by atoms with E-state index in [0.29, 0.717) is 12.1 Å². The van der Waals surface area contributed by atoms with E-state index in [9.17, 15) is 0 Å². The van der Waals surface area contributed by atoms with Crippen LogP contribution in [0.3, 0.4) is 0 Å². The Morgan fingerprint density at radius 3 is 2.61 bits per heavy atom. The van der Waals surface area contributed by atoms with Crippen LogP contribution in [0.25, 0.3) is 0 Å². The number of nitrogens with zero attached hydrogens (tertiary/aromatic N) is 1. The van der Waals surface area contributed by atoms with Gasteiger partial charge in [-0.25, -0.2) is 0 Å². The SMILES string of the molecule is CNC1CCC(C)CC1N(C)Cc1ccccc1. The van der Waals surface area contributed by atoms with Gasteiger partial charge >= 0.3 is 0 Å². The maximum Gasteiger partial charge on any atom is 0.0252 e. The molecule has 0 spiro atoms. The number of hydrogen-bond donors (Lipinski definition) is 1. The molecule has 3 unspecified atom stereocenters. The minimum absolute atomic E-state index is 0.648. The lowest BCUT2D eigenvalue weighted by molar-refractivity contribution is 0.123. The lowest BCUT2D eigenvalue weighted by atomic mass is 9.82. The van der Waals surface area contributed by atoms with Gasteiger partial charge in [-0.3, -0.25) is 4.90 Å². The first-order chi connectivity index (χ1) is 8.70. The molecule has 0 radical (unpaired) electrons. The van der Waals surface area contributed by atoms with Crippen molar-refractivity contribution in [3.8, 4) is 0 Å². The number of likely N-dealkylation sites (N-methyl/N-ethyl adjacent to an activating group) is 2. The first kappa shape index (κ1) is 13.6. The first-order valence-electron chi connectivity index (χ1n) is 7.12. The summed E-state index contributed by atoms with van der Waals surface area (Å²) in [5.41, 5.74) is 1.41. The standard InChI is InChI=1S/C16H26N2/c1-13-9-10-15(17-2)16(11-13)18(3)12-14-7-5-4-6-8-14/h4-8,13,15-17H,9-12H2,1-3H3. The quantitative estimate of drug-likeness (QED) is 0.879. The van der Waals surface area contributed by atoms with Gasteiger partial charge < -0.3 is 5.32 Å². The summed E-state index contributed by atoms with van der Waals surface area (Å²) in [6, 6.07) is 12.1. The molecule has 2 heteroatoms. The monoisotopic (exact) mass is 246 g/mol. The average molecular weight is 246 g/mol. The Morgan fingerprint density at radius 2 is 1.94 bits per heavy atom. The van der Waals surface area contributed by atoms with Crippen LogP contribution in [-0.4, -0.2) is 31.1 Å². The summed E-state index contributed by atoms with van der Waals surface area (Å²) in [5.74, 6) is 0.859. The van der Waals surface area contributed by atoms with Crippen molar-refractivity contribution in [2.45, 2.75) is 44.8 Å². The van der Waals surface area contributed by atoms with Gasteiger partial charge in [0.05, 0.1) is 0 Å². The summed E-state index contributed by atoms with van der Waals surface area (Å²) in [4.78, 5) is 2.52. The van der Waals surface area contributed by atoms with Gasteiger partial charge in [0.25, 0.3) is 0 Å².